The lowest BCUT2D eigenvalue weighted by molar-refractivity contribution is -0.138. The largest absolute Gasteiger partial charge is 0.458 e. The highest BCUT2D eigenvalue weighted by atomic mass is 35.5. The van der Waals surface area contributed by atoms with E-state index >= 15 is 0 Å². The van der Waals surface area contributed by atoms with Crippen LogP contribution in [-0.2, 0) is 16.1 Å². The van der Waals surface area contributed by atoms with Gasteiger partial charge in [-0.1, -0.05) is 29.8 Å². The molecule has 1 heterocycles. The highest BCUT2D eigenvalue weighted by Gasteiger charge is 2.12. The summed E-state index contributed by atoms with van der Waals surface area (Å²) < 4.78 is 15.7. The zero-order chi connectivity index (χ0) is 15.4. The van der Waals surface area contributed by atoms with E-state index in [0.29, 0.717) is 16.5 Å². The van der Waals surface area contributed by atoms with Gasteiger partial charge in [0.2, 0.25) is 6.79 Å². The summed E-state index contributed by atoms with van der Waals surface area (Å²) in [6, 6.07) is 12.6. The van der Waals surface area contributed by atoms with Crippen LogP contribution in [0.4, 0.5) is 0 Å². The summed E-state index contributed by atoms with van der Waals surface area (Å²) in [4.78, 5) is 11.7. The summed E-state index contributed by atoms with van der Waals surface area (Å²) in [7, 11) is 0. The first-order chi connectivity index (χ1) is 10.7. The van der Waals surface area contributed by atoms with E-state index in [-0.39, 0.29) is 13.4 Å². The molecule has 0 bridgehead atoms. The number of carbonyl (C=O) groups excluding carboxylic acids is 1. The van der Waals surface area contributed by atoms with Crippen molar-refractivity contribution < 1.29 is 19.0 Å². The molecule has 0 radical (unpaired) electrons. The second-order valence-corrected chi connectivity index (χ2v) is 5.12. The Balaban J connectivity index is 1.56. The molecule has 0 aliphatic carbocycles. The van der Waals surface area contributed by atoms with Crippen LogP contribution in [0.25, 0.3) is 6.08 Å². The Morgan fingerprint density at radius 3 is 2.73 bits per heavy atom. The summed E-state index contributed by atoms with van der Waals surface area (Å²) >= 11 is 5.79. The molecular weight excluding hydrogens is 304 g/mol. The molecule has 1 aliphatic heterocycles. The standard InChI is InChI=1S/C17H13ClO4/c18-14-5-1-13(2-6-14)10-20-17(19)8-4-12-3-7-15-16(9-12)22-11-21-15/h1-9H,10-11H2/b8-4+. The summed E-state index contributed by atoms with van der Waals surface area (Å²) in [6.45, 7) is 0.438. The molecule has 2 aromatic carbocycles. The lowest BCUT2D eigenvalue weighted by Gasteiger charge is -2.02. The summed E-state index contributed by atoms with van der Waals surface area (Å²) in [5.74, 6) is 0.978. The number of benzene rings is 2. The molecule has 22 heavy (non-hydrogen) atoms. The van der Waals surface area contributed by atoms with Crippen molar-refractivity contribution in [2.75, 3.05) is 6.79 Å². The summed E-state index contributed by atoms with van der Waals surface area (Å²) in [5.41, 5.74) is 1.72. The maximum Gasteiger partial charge on any atom is 0.331 e. The molecule has 2 aromatic rings. The number of hydrogen-bond acceptors (Lipinski definition) is 4. The van der Waals surface area contributed by atoms with Crippen LogP contribution in [0.3, 0.4) is 0 Å². The molecular formula is C17H13ClO4. The zero-order valence-electron chi connectivity index (χ0n) is 11.6. The van der Waals surface area contributed by atoms with Gasteiger partial charge in [-0.05, 0) is 41.5 Å². The Hall–Kier alpha value is -2.46. The molecule has 0 spiro atoms. The van der Waals surface area contributed by atoms with Crippen molar-refractivity contribution in [2.24, 2.45) is 0 Å². The quantitative estimate of drug-likeness (QED) is 0.635. The number of fused-ring (bicyclic) bond motifs is 1. The molecule has 0 amide bonds. The minimum absolute atomic E-state index is 0.210. The number of halogens is 1. The predicted molar refractivity (Wildman–Crippen MR) is 82.8 cm³/mol. The van der Waals surface area contributed by atoms with Crippen molar-refractivity contribution in [2.45, 2.75) is 6.61 Å². The fraction of sp³-hybridized carbons (Fsp3) is 0.118. The van der Waals surface area contributed by atoms with Crippen LogP contribution in [0.1, 0.15) is 11.1 Å². The van der Waals surface area contributed by atoms with Gasteiger partial charge in [0.25, 0.3) is 0 Å². The number of carbonyl (C=O) groups is 1. The highest BCUT2D eigenvalue weighted by molar-refractivity contribution is 6.30. The zero-order valence-corrected chi connectivity index (χ0v) is 12.4. The van der Waals surface area contributed by atoms with Crippen molar-refractivity contribution >= 4 is 23.6 Å². The molecule has 0 unspecified atom stereocenters. The first-order valence-electron chi connectivity index (χ1n) is 6.70. The average molecular weight is 317 g/mol. The van der Waals surface area contributed by atoms with E-state index < -0.39 is 5.97 Å². The molecule has 0 saturated carbocycles. The smallest absolute Gasteiger partial charge is 0.331 e. The van der Waals surface area contributed by atoms with E-state index in [4.69, 9.17) is 25.8 Å². The fourth-order valence-electron chi connectivity index (χ4n) is 1.96. The number of esters is 1. The van der Waals surface area contributed by atoms with Gasteiger partial charge < -0.3 is 14.2 Å². The second kappa shape index (κ2) is 6.54. The monoisotopic (exact) mass is 316 g/mol. The van der Waals surface area contributed by atoms with Gasteiger partial charge in [-0.15, -0.1) is 0 Å². The second-order valence-electron chi connectivity index (χ2n) is 4.68. The highest BCUT2D eigenvalue weighted by Crippen LogP contribution is 2.32. The minimum atomic E-state index is -0.410. The van der Waals surface area contributed by atoms with Crippen molar-refractivity contribution in [1.82, 2.24) is 0 Å². The minimum Gasteiger partial charge on any atom is -0.458 e. The Morgan fingerprint density at radius 1 is 1.14 bits per heavy atom. The van der Waals surface area contributed by atoms with Gasteiger partial charge in [-0.3, -0.25) is 0 Å². The van der Waals surface area contributed by atoms with E-state index in [0.717, 1.165) is 11.1 Å². The van der Waals surface area contributed by atoms with Gasteiger partial charge >= 0.3 is 5.97 Å². The first-order valence-corrected chi connectivity index (χ1v) is 7.07. The molecule has 0 saturated heterocycles. The van der Waals surface area contributed by atoms with Crippen LogP contribution < -0.4 is 9.47 Å². The molecule has 0 N–H and O–H groups in total. The van der Waals surface area contributed by atoms with E-state index in [2.05, 4.69) is 0 Å². The topological polar surface area (TPSA) is 44.8 Å². The Bertz CT molecular complexity index is 707. The van der Waals surface area contributed by atoms with Gasteiger partial charge in [0.05, 0.1) is 0 Å². The Morgan fingerprint density at radius 2 is 1.91 bits per heavy atom. The molecule has 0 atom stereocenters. The average Bonchev–Trinajstić information content (AvgIpc) is 3.00. The van der Waals surface area contributed by atoms with Crippen LogP contribution in [-0.4, -0.2) is 12.8 Å². The lowest BCUT2D eigenvalue weighted by atomic mass is 10.2. The summed E-state index contributed by atoms with van der Waals surface area (Å²) in [6.07, 6.45) is 3.06. The third-order valence-electron chi connectivity index (χ3n) is 3.10. The van der Waals surface area contributed by atoms with E-state index in [1.165, 1.54) is 6.08 Å². The van der Waals surface area contributed by atoms with Crippen molar-refractivity contribution in [3.8, 4) is 11.5 Å². The molecule has 3 rings (SSSR count). The lowest BCUT2D eigenvalue weighted by Crippen LogP contribution is -2.00. The molecule has 112 valence electrons. The normalized spacial score (nSPS) is 12.6. The predicted octanol–water partition coefficient (Wildman–Crippen LogP) is 3.83. The van der Waals surface area contributed by atoms with Crippen molar-refractivity contribution in [3.63, 3.8) is 0 Å². The van der Waals surface area contributed by atoms with E-state index in [1.807, 2.05) is 24.3 Å². The molecule has 0 aromatic heterocycles. The number of ether oxygens (including phenoxy) is 3. The summed E-state index contributed by atoms with van der Waals surface area (Å²) in [5, 5.41) is 0.651. The maximum atomic E-state index is 11.7. The first kappa shape index (κ1) is 14.5. The van der Waals surface area contributed by atoms with Crippen LogP contribution in [0.2, 0.25) is 5.02 Å². The number of hydrogen-bond donors (Lipinski definition) is 0. The third kappa shape index (κ3) is 3.59. The van der Waals surface area contributed by atoms with Gasteiger partial charge in [0, 0.05) is 11.1 Å². The van der Waals surface area contributed by atoms with E-state index in [9.17, 15) is 4.79 Å². The van der Waals surface area contributed by atoms with Crippen LogP contribution in [0.5, 0.6) is 11.5 Å². The van der Waals surface area contributed by atoms with Gasteiger partial charge in [-0.2, -0.15) is 0 Å². The fourth-order valence-corrected chi connectivity index (χ4v) is 2.09. The molecule has 5 heteroatoms. The van der Waals surface area contributed by atoms with Gasteiger partial charge in [0.15, 0.2) is 11.5 Å². The Labute approximate surface area is 132 Å². The Kier molecular flexibility index (Phi) is 4.30. The van der Waals surface area contributed by atoms with Crippen LogP contribution in [0.15, 0.2) is 48.5 Å². The van der Waals surface area contributed by atoms with E-state index in [1.54, 1.807) is 24.3 Å². The van der Waals surface area contributed by atoms with Crippen LogP contribution in [0, 0.1) is 0 Å². The van der Waals surface area contributed by atoms with Crippen molar-refractivity contribution in [3.05, 3.63) is 64.7 Å². The third-order valence-corrected chi connectivity index (χ3v) is 3.35. The van der Waals surface area contributed by atoms with Gasteiger partial charge in [0.1, 0.15) is 6.61 Å². The van der Waals surface area contributed by atoms with Crippen molar-refractivity contribution in [1.29, 1.82) is 0 Å². The molecule has 0 fully saturated rings. The number of rotatable bonds is 4. The molecule has 1 aliphatic rings. The SMILES string of the molecule is O=C(/C=C/c1ccc2c(c1)OCO2)OCc1ccc(Cl)cc1. The van der Waals surface area contributed by atoms with Crippen LogP contribution >= 0.6 is 11.6 Å². The molecule has 4 nitrogen and oxygen atoms in total. The van der Waals surface area contributed by atoms with Gasteiger partial charge in [-0.25, -0.2) is 4.79 Å². The maximum absolute atomic E-state index is 11.7.